The molecule has 1 nitrogen and oxygen atoms in total. The Labute approximate surface area is 87.9 Å². The summed E-state index contributed by atoms with van der Waals surface area (Å²) in [6.07, 6.45) is 1.59. The van der Waals surface area contributed by atoms with Crippen LogP contribution in [0.25, 0.3) is 0 Å². The lowest BCUT2D eigenvalue weighted by Gasteiger charge is -2.07. The summed E-state index contributed by atoms with van der Waals surface area (Å²) in [4.78, 5) is 0. The van der Waals surface area contributed by atoms with E-state index in [1.165, 1.54) is 11.1 Å². The van der Waals surface area contributed by atoms with Crippen LogP contribution in [-0.4, -0.2) is 11.2 Å². The van der Waals surface area contributed by atoms with Gasteiger partial charge in [-0.05, 0) is 49.9 Å². The van der Waals surface area contributed by atoms with Crippen molar-refractivity contribution in [2.24, 2.45) is 0 Å². The number of halogens is 1. The largest absolute Gasteiger partial charge is 0.393 e. The topological polar surface area (TPSA) is 20.2 Å². The highest BCUT2D eigenvalue weighted by Crippen LogP contribution is 2.17. The molecule has 0 aliphatic rings. The Balaban J connectivity index is 2.67. The Kier molecular flexibility index (Phi) is 3.94. The SMILES string of the molecule is Cc1cc(Br)ccc1CCC(C)O. The van der Waals surface area contributed by atoms with Crippen LogP contribution in [0.2, 0.25) is 0 Å². The Bertz CT molecular complexity index is 281. The van der Waals surface area contributed by atoms with E-state index in [2.05, 4.69) is 35.0 Å². The van der Waals surface area contributed by atoms with E-state index in [-0.39, 0.29) is 6.10 Å². The first-order chi connectivity index (χ1) is 6.09. The molecule has 72 valence electrons. The molecule has 0 amide bonds. The molecule has 0 aromatic heterocycles. The third-order valence-electron chi connectivity index (χ3n) is 2.14. The van der Waals surface area contributed by atoms with Crippen molar-refractivity contribution in [1.82, 2.24) is 0 Å². The van der Waals surface area contributed by atoms with Gasteiger partial charge in [0, 0.05) is 4.47 Å². The lowest BCUT2D eigenvalue weighted by Crippen LogP contribution is -2.02. The molecule has 13 heavy (non-hydrogen) atoms. The summed E-state index contributed by atoms with van der Waals surface area (Å²) in [6.45, 7) is 3.93. The fourth-order valence-corrected chi connectivity index (χ4v) is 1.78. The van der Waals surface area contributed by atoms with Crippen molar-refractivity contribution in [2.75, 3.05) is 0 Å². The molecule has 1 rings (SSSR count). The molecule has 1 aromatic rings. The summed E-state index contributed by atoms with van der Waals surface area (Å²) in [6, 6.07) is 6.27. The summed E-state index contributed by atoms with van der Waals surface area (Å²) in [5, 5.41) is 9.15. The molecule has 1 atom stereocenters. The van der Waals surface area contributed by atoms with E-state index in [0.29, 0.717) is 0 Å². The maximum atomic E-state index is 9.15. The maximum absolute atomic E-state index is 9.15. The fraction of sp³-hybridized carbons (Fsp3) is 0.455. The van der Waals surface area contributed by atoms with Crippen LogP contribution in [0.3, 0.4) is 0 Å². The number of benzene rings is 1. The molecule has 0 aliphatic heterocycles. The van der Waals surface area contributed by atoms with Crippen molar-refractivity contribution < 1.29 is 5.11 Å². The van der Waals surface area contributed by atoms with Crippen LogP contribution < -0.4 is 0 Å². The van der Waals surface area contributed by atoms with E-state index < -0.39 is 0 Å². The van der Waals surface area contributed by atoms with Gasteiger partial charge in [0.2, 0.25) is 0 Å². The molecule has 0 bridgehead atoms. The zero-order valence-electron chi connectivity index (χ0n) is 8.05. The zero-order chi connectivity index (χ0) is 9.84. The van der Waals surface area contributed by atoms with Crippen molar-refractivity contribution in [3.8, 4) is 0 Å². The van der Waals surface area contributed by atoms with Gasteiger partial charge in [0.15, 0.2) is 0 Å². The van der Waals surface area contributed by atoms with Crippen molar-refractivity contribution >= 4 is 15.9 Å². The molecule has 0 radical (unpaired) electrons. The van der Waals surface area contributed by atoms with Crippen LogP contribution in [0, 0.1) is 6.92 Å². The van der Waals surface area contributed by atoms with Gasteiger partial charge < -0.3 is 5.11 Å². The minimum Gasteiger partial charge on any atom is -0.393 e. The Morgan fingerprint density at radius 3 is 2.69 bits per heavy atom. The molecule has 0 saturated carbocycles. The number of aliphatic hydroxyl groups is 1. The van der Waals surface area contributed by atoms with E-state index >= 15 is 0 Å². The second-order valence-corrected chi connectivity index (χ2v) is 4.37. The third-order valence-corrected chi connectivity index (χ3v) is 2.63. The maximum Gasteiger partial charge on any atom is 0.0515 e. The fourth-order valence-electron chi connectivity index (χ4n) is 1.30. The second-order valence-electron chi connectivity index (χ2n) is 3.46. The summed E-state index contributed by atoms with van der Waals surface area (Å²) in [5.74, 6) is 0. The molecule has 2 heteroatoms. The number of hydrogen-bond donors (Lipinski definition) is 1. The van der Waals surface area contributed by atoms with Gasteiger partial charge in [-0.15, -0.1) is 0 Å². The van der Waals surface area contributed by atoms with E-state index in [9.17, 15) is 0 Å². The monoisotopic (exact) mass is 242 g/mol. The van der Waals surface area contributed by atoms with E-state index in [4.69, 9.17) is 5.11 Å². The van der Waals surface area contributed by atoms with Crippen LogP contribution in [0.5, 0.6) is 0 Å². The van der Waals surface area contributed by atoms with Gasteiger partial charge in [-0.3, -0.25) is 0 Å². The van der Waals surface area contributed by atoms with E-state index in [1.807, 2.05) is 13.0 Å². The van der Waals surface area contributed by atoms with Gasteiger partial charge in [-0.25, -0.2) is 0 Å². The average molecular weight is 243 g/mol. The summed E-state index contributed by atoms with van der Waals surface area (Å²) in [7, 11) is 0. The highest BCUT2D eigenvalue weighted by Gasteiger charge is 2.01. The Morgan fingerprint density at radius 1 is 1.46 bits per heavy atom. The van der Waals surface area contributed by atoms with Crippen molar-refractivity contribution in [1.29, 1.82) is 0 Å². The average Bonchev–Trinajstić information content (AvgIpc) is 2.02. The molecular formula is C11H15BrO. The number of rotatable bonds is 3. The Hall–Kier alpha value is -0.340. The van der Waals surface area contributed by atoms with Gasteiger partial charge in [-0.1, -0.05) is 22.0 Å². The van der Waals surface area contributed by atoms with Crippen LogP contribution in [-0.2, 0) is 6.42 Å². The molecule has 1 unspecified atom stereocenters. The van der Waals surface area contributed by atoms with Crippen molar-refractivity contribution in [2.45, 2.75) is 32.8 Å². The molecule has 0 saturated heterocycles. The highest BCUT2D eigenvalue weighted by molar-refractivity contribution is 9.10. The predicted molar refractivity (Wildman–Crippen MR) is 58.9 cm³/mol. The zero-order valence-corrected chi connectivity index (χ0v) is 9.63. The molecule has 0 fully saturated rings. The van der Waals surface area contributed by atoms with Gasteiger partial charge in [-0.2, -0.15) is 0 Å². The number of hydrogen-bond acceptors (Lipinski definition) is 1. The summed E-state index contributed by atoms with van der Waals surface area (Å²) in [5.41, 5.74) is 2.61. The number of aryl methyl sites for hydroxylation is 2. The molecule has 0 aliphatic carbocycles. The summed E-state index contributed by atoms with van der Waals surface area (Å²) >= 11 is 3.43. The molecule has 0 spiro atoms. The quantitative estimate of drug-likeness (QED) is 0.864. The van der Waals surface area contributed by atoms with Crippen molar-refractivity contribution in [3.63, 3.8) is 0 Å². The Morgan fingerprint density at radius 2 is 2.15 bits per heavy atom. The first kappa shape index (κ1) is 10.7. The lowest BCUT2D eigenvalue weighted by atomic mass is 10.0. The van der Waals surface area contributed by atoms with E-state index in [0.717, 1.165) is 17.3 Å². The minimum atomic E-state index is -0.206. The smallest absolute Gasteiger partial charge is 0.0515 e. The molecule has 0 heterocycles. The van der Waals surface area contributed by atoms with Gasteiger partial charge in [0.05, 0.1) is 6.10 Å². The second kappa shape index (κ2) is 4.77. The van der Waals surface area contributed by atoms with E-state index in [1.54, 1.807) is 0 Å². The third kappa shape index (κ3) is 3.49. The van der Waals surface area contributed by atoms with Crippen LogP contribution >= 0.6 is 15.9 Å². The lowest BCUT2D eigenvalue weighted by molar-refractivity contribution is 0.185. The van der Waals surface area contributed by atoms with Crippen molar-refractivity contribution in [3.05, 3.63) is 33.8 Å². The molecular weight excluding hydrogens is 228 g/mol. The first-order valence-electron chi connectivity index (χ1n) is 4.52. The first-order valence-corrected chi connectivity index (χ1v) is 5.32. The number of aliphatic hydroxyl groups excluding tert-OH is 1. The molecule has 1 N–H and O–H groups in total. The normalized spacial score (nSPS) is 12.9. The minimum absolute atomic E-state index is 0.206. The van der Waals surface area contributed by atoms with Crippen LogP contribution in [0.4, 0.5) is 0 Å². The predicted octanol–water partition coefficient (Wildman–Crippen LogP) is 3.07. The summed E-state index contributed by atoms with van der Waals surface area (Å²) < 4.78 is 1.12. The van der Waals surface area contributed by atoms with Gasteiger partial charge >= 0.3 is 0 Å². The van der Waals surface area contributed by atoms with Crippen LogP contribution in [0.1, 0.15) is 24.5 Å². The van der Waals surface area contributed by atoms with Crippen LogP contribution in [0.15, 0.2) is 22.7 Å². The standard InChI is InChI=1S/C11H15BrO/c1-8-7-11(12)6-5-10(8)4-3-9(2)13/h5-7,9,13H,3-4H2,1-2H3. The van der Waals surface area contributed by atoms with Gasteiger partial charge in [0.1, 0.15) is 0 Å². The highest BCUT2D eigenvalue weighted by atomic mass is 79.9. The van der Waals surface area contributed by atoms with Gasteiger partial charge in [0.25, 0.3) is 0 Å². The molecule has 1 aromatic carbocycles.